The number of aryl methyl sites for hydroxylation is 2. The highest BCUT2D eigenvalue weighted by atomic mass is 16.4. The molecule has 0 aliphatic heterocycles. The molecule has 0 atom stereocenters. The first-order valence-electron chi connectivity index (χ1n) is 5.34. The minimum absolute atomic E-state index is 0.0522. The lowest BCUT2D eigenvalue weighted by Crippen LogP contribution is -2.04. The van der Waals surface area contributed by atoms with Crippen LogP contribution in [0.2, 0.25) is 0 Å². The summed E-state index contributed by atoms with van der Waals surface area (Å²) in [5.41, 5.74) is 2.91. The van der Waals surface area contributed by atoms with Crippen molar-refractivity contribution in [3.8, 4) is 11.3 Å². The van der Waals surface area contributed by atoms with Gasteiger partial charge < -0.3 is 5.11 Å². The summed E-state index contributed by atoms with van der Waals surface area (Å²) in [4.78, 5) is 10.4. The second kappa shape index (κ2) is 4.78. The number of carboxylic acid groups (broad SMARTS) is 1. The van der Waals surface area contributed by atoms with E-state index in [0.717, 1.165) is 16.8 Å². The standard InChI is InChI=1S/C12H13N3O2/c1-9-3-2-4-10(7-9)11-8-15(14-13-11)6-5-12(16)17/h2-4,7-8H,5-6H2,1H3,(H,16,17). The van der Waals surface area contributed by atoms with Crippen LogP contribution in [0.3, 0.4) is 0 Å². The summed E-state index contributed by atoms with van der Waals surface area (Å²) in [6.45, 7) is 2.35. The Bertz CT molecular complexity index is 534. The van der Waals surface area contributed by atoms with E-state index in [0.29, 0.717) is 6.54 Å². The van der Waals surface area contributed by atoms with E-state index in [2.05, 4.69) is 10.3 Å². The number of aromatic nitrogens is 3. The first-order chi connectivity index (χ1) is 8.15. The smallest absolute Gasteiger partial charge is 0.305 e. The molecule has 0 aliphatic carbocycles. The molecule has 0 radical (unpaired) electrons. The zero-order chi connectivity index (χ0) is 12.3. The van der Waals surface area contributed by atoms with Gasteiger partial charge in [0.25, 0.3) is 0 Å². The van der Waals surface area contributed by atoms with Gasteiger partial charge in [0, 0.05) is 5.56 Å². The van der Waals surface area contributed by atoms with Crippen LogP contribution in [-0.4, -0.2) is 26.1 Å². The summed E-state index contributed by atoms with van der Waals surface area (Å²) >= 11 is 0. The van der Waals surface area contributed by atoms with Crippen LogP contribution >= 0.6 is 0 Å². The molecule has 5 nitrogen and oxygen atoms in total. The Morgan fingerprint density at radius 2 is 2.29 bits per heavy atom. The highest BCUT2D eigenvalue weighted by Gasteiger charge is 2.05. The molecule has 0 unspecified atom stereocenters. The van der Waals surface area contributed by atoms with E-state index in [1.54, 1.807) is 10.9 Å². The van der Waals surface area contributed by atoms with Crippen LogP contribution in [0.25, 0.3) is 11.3 Å². The molecule has 1 heterocycles. The van der Waals surface area contributed by atoms with Gasteiger partial charge in [-0.15, -0.1) is 5.10 Å². The maximum absolute atomic E-state index is 10.4. The minimum atomic E-state index is -0.836. The number of aliphatic carboxylic acids is 1. The number of hydrogen-bond acceptors (Lipinski definition) is 3. The monoisotopic (exact) mass is 231 g/mol. The Labute approximate surface area is 98.7 Å². The van der Waals surface area contributed by atoms with E-state index in [1.165, 1.54) is 0 Å². The lowest BCUT2D eigenvalue weighted by molar-refractivity contribution is -0.137. The second-order valence-electron chi connectivity index (χ2n) is 3.88. The van der Waals surface area contributed by atoms with Crippen LogP contribution < -0.4 is 0 Å². The third kappa shape index (κ3) is 2.90. The number of rotatable bonds is 4. The van der Waals surface area contributed by atoms with Gasteiger partial charge in [-0.1, -0.05) is 29.0 Å². The normalized spacial score (nSPS) is 10.4. The van der Waals surface area contributed by atoms with Crippen LogP contribution in [-0.2, 0) is 11.3 Å². The summed E-state index contributed by atoms with van der Waals surface area (Å²) in [5, 5.41) is 16.5. The number of carboxylic acids is 1. The van der Waals surface area contributed by atoms with Crippen LogP contribution in [0.1, 0.15) is 12.0 Å². The SMILES string of the molecule is Cc1cccc(-c2cn(CCC(=O)O)nn2)c1. The van der Waals surface area contributed by atoms with Crippen molar-refractivity contribution in [3.05, 3.63) is 36.0 Å². The number of benzene rings is 1. The zero-order valence-corrected chi connectivity index (χ0v) is 9.50. The predicted molar refractivity (Wildman–Crippen MR) is 62.4 cm³/mol. The number of hydrogen-bond donors (Lipinski definition) is 1. The lowest BCUT2D eigenvalue weighted by Gasteiger charge is -1.97. The predicted octanol–water partition coefficient (Wildman–Crippen LogP) is 1.73. The lowest BCUT2D eigenvalue weighted by atomic mass is 10.1. The van der Waals surface area contributed by atoms with E-state index in [1.807, 2.05) is 31.2 Å². The average Bonchev–Trinajstić information content (AvgIpc) is 2.75. The fourth-order valence-corrected chi connectivity index (χ4v) is 1.55. The highest BCUT2D eigenvalue weighted by Crippen LogP contribution is 2.17. The van der Waals surface area contributed by atoms with Crippen LogP contribution in [0.5, 0.6) is 0 Å². The molecule has 2 rings (SSSR count). The maximum Gasteiger partial charge on any atom is 0.305 e. The van der Waals surface area contributed by atoms with Gasteiger partial charge in [-0.3, -0.25) is 9.48 Å². The van der Waals surface area contributed by atoms with Crippen LogP contribution in [0.15, 0.2) is 30.5 Å². The minimum Gasteiger partial charge on any atom is -0.481 e. The summed E-state index contributed by atoms with van der Waals surface area (Å²) < 4.78 is 1.55. The molecule has 0 fully saturated rings. The fraction of sp³-hybridized carbons (Fsp3) is 0.250. The van der Waals surface area contributed by atoms with Gasteiger partial charge in [-0.05, 0) is 13.0 Å². The molecule has 1 aromatic carbocycles. The molecule has 1 aromatic heterocycles. The summed E-state index contributed by atoms with van der Waals surface area (Å²) in [6.07, 6.45) is 1.81. The summed E-state index contributed by atoms with van der Waals surface area (Å²) in [7, 11) is 0. The Morgan fingerprint density at radius 1 is 1.47 bits per heavy atom. The van der Waals surface area contributed by atoms with Crippen molar-refractivity contribution in [1.82, 2.24) is 15.0 Å². The molecule has 17 heavy (non-hydrogen) atoms. The molecule has 0 aliphatic rings. The molecule has 0 saturated carbocycles. The molecule has 0 bridgehead atoms. The largest absolute Gasteiger partial charge is 0.481 e. The topological polar surface area (TPSA) is 68.0 Å². The van der Waals surface area contributed by atoms with E-state index in [9.17, 15) is 4.79 Å². The molecule has 0 saturated heterocycles. The quantitative estimate of drug-likeness (QED) is 0.870. The zero-order valence-electron chi connectivity index (χ0n) is 9.50. The van der Waals surface area contributed by atoms with Crippen LogP contribution in [0, 0.1) is 6.92 Å². The third-order valence-corrected chi connectivity index (χ3v) is 2.41. The van der Waals surface area contributed by atoms with Crippen molar-refractivity contribution < 1.29 is 9.90 Å². The van der Waals surface area contributed by atoms with Gasteiger partial charge >= 0.3 is 5.97 Å². The van der Waals surface area contributed by atoms with Crippen molar-refractivity contribution in [2.75, 3.05) is 0 Å². The molecule has 0 spiro atoms. The van der Waals surface area contributed by atoms with Crippen molar-refractivity contribution in [3.63, 3.8) is 0 Å². The first kappa shape index (κ1) is 11.3. The molecule has 2 aromatic rings. The van der Waals surface area contributed by atoms with E-state index in [4.69, 9.17) is 5.11 Å². The molecule has 0 amide bonds. The summed E-state index contributed by atoms with van der Waals surface area (Å²) in [5.74, 6) is -0.836. The maximum atomic E-state index is 10.4. The van der Waals surface area contributed by atoms with Crippen molar-refractivity contribution in [1.29, 1.82) is 0 Å². The first-order valence-corrected chi connectivity index (χ1v) is 5.34. The Morgan fingerprint density at radius 3 is 3.00 bits per heavy atom. The van der Waals surface area contributed by atoms with Gasteiger partial charge in [-0.25, -0.2) is 0 Å². The van der Waals surface area contributed by atoms with Gasteiger partial charge in [0.2, 0.25) is 0 Å². The number of carbonyl (C=O) groups is 1. The van der Waals surface area contributed by atoms with Crippen molar-refractivity contribution in [2.45, 2.75) is 19.9 Å². The average molecular weight is 231 g/mol. The molecular formula is C12H13N3O2. The fourth-order valence-electron chi connectivity index (χ4n) is 1.55. The Kier molecular flexibility index (Phi) is 3.18. The summed E-state index contributed by atoms with van der Waals surface area (Å²) in [6, 6.07) is 7.95. The van der Waals surface area contributed by atoms with E-state index < -0.39 is 5.97 Å². The van der Waals surface area contributed by atoms with Gasteiger partial charge in [0.1, 0.15) is 5.69 Å². The molecule has 88 valence electrons. The van der Waals surface area contributed by atoms with Gasteiger partial charge in [0.05, 0.1) is 19.2 Å². The molecule has 1 N–H and O–H groups in total. The van der Waals surface area contributed by atoms with Crippen molar-refractivity contribution in [2.24, 2.45) is 0 Å². The molecule has 5 heteroatoms. The highest BCUT2D eigenvalue weighted by molar-refractivity contribution is 5.66. The van der Waals surface area contributed by atoms with E-state index in [-0.39, 0.29) is 6.42 Å². The Hall–Kier alpha value is -2.17. The van der Waals surface area contributed by atoms with Gasteiger partial charge in [0.15, 0.2) is 0 Å². The van der Waals surface area contributed by atoms with Gasteiger partial charge in [-0.2, -0.15) is 0 Å². The number of nitrogens with zero attached hydrogens (tertiary/aromatic N) is 3. The molecular weight excluding hydrogens is 218 g/mol. The Balaban J connectivity index is 2.15. The van der Waals surface area contributed by atoms with E-state index >= 15 is 0 Å². The third-order valence-electron chi connectivity index (χ3n) is 2.41. The van der Waals surface area contributed by atoms with Crippen LogP contribution in [0.4, 0.5) is 0 Å². The second-order valence-corrected chi connectivity index (χ2v) is 3.88. The van der Waals surface area contributed by atoms with Crippen molar-refractivity contribution >= 4 is 5.97 Å².